The van der Waals surface area contributed by atoms with Crippen molar-refractivity contribution in [3.63, 3.8) is 0 Å². The molecule has 16 heavy (non-hydrogen) atoms. The van der Waals surface area contributed by atoms with Gasteiger partial charge in [0.05, 0.1) is 11.4 Å². The molecule has 0 atom stereocenters. The van der Waals surface area contributed by atoms with Crippen molar-refractivity contribution < 1.29 is 0 Å². The molecule has 0 amide bonds. The van der Waals surface area contributed by atoms with Gasteiger partial charge in [0.2, 0.25) is 0 Å². The van der Waals surface area contributed by atoms with Crippen molar-refractivity contribution in [3.05, 3.63) is 19.0 Å². The lowest BCUT2D eigenvalue weighted by molar-refractivity contribution is 1.17. The molecule has 0 saturated carbocycles. The van der Waals surface area contributed by atoms with Crippen molar-refractivity contribution in [1.29, 1.82) is 0 Å². The van der Waals surface area contributed by atoms with Gasteiger partial charge in [0.25, 0.3) is 0 Å². The molecule has 2 rings (SSSR count). The van der Waals surface area contributed by atoms with Gasteiger partial charge < -0.3 is 0 Å². The first kappa shape index (κ1) is 12.3. The van der Waals surface area contributed by atoms with E-state index in [1.165, 1.54) is 23.1 Å². The molecule has 0 unspecified atom stereocenters. The van der Waals surface area contributed by atoms with Gasteiger partial charge in [-0.3, -0.25) is 0 Å². The summed E-state index contributed by atoms with van der Waals surface area (Å²) in [6.07, 6.45) is 0. The van der Waals surface area contributed by atoms with Crippen molar-refractivity contribution in [2.75, 3.05) is 0 Å². The third-order valence-electron chi connectivity index (χ3n) is 1.83. The van der Waals surface area contributed by atoms with Crippen LogP contribution in [-0.2, 0) is 0 Å². The zero-order valence-corrected chi connectivity index (χ0v) is 13.2. The maximum atomic E-state index is 4.19. The van der Waals surface area contributed by atoms with Crippen LogP contribution in [0.15, 0.2) is 17.8 Å². The average molecular weight is 382 g/mol. The molecule has 0 N–H and O–H groups in total. The highest BCUT2D eigenvalue weighted by molar-refractivity contribution is 9.11. The molecule has 84 valence electrons. The molecule has 0 aliphatic rings. The topological polar surface area (TPSA) is 50.5 Å². The van der Waals surface area contributed by atoms with Crippen molar-refractivity contribution >= 4 is 66.3 Å². The maximum Gasteiger partial charge on any atom is 0.134 e. The molecule has 0 aromatic carbocycles. The van der Waals surface area contributed by atoms with E-state index in [1.54, 1.807) is 0 Å². The molecule has 0 spiro atoms. The fraction of sp³-hybridized carbons (Fsp3) is 0.250. The highest BCUT2D eigenvalue weighted by Gasteiger charge is 2.10. The van der Waals surface area contributed by atoms with Gasteiger partial charge in [-0.25, -0.2) is 0 Å². The van der Waals surface area contributed by atoms with Crippen LogP contribution in [0.2, 0.25) is 0 Å². The number of aryl methyl sites for hydroxylation is 2. The lowest BCUT2D eigenvalue weighted by Crippen LogP contribution is -1.69. The van der Waals surface area contributed by atoms with Crippen molar-refractivity contribution in [3.8, 4) is 0 Å². The summed E-state index contributed by atoms with van der Waals surface area (Å²) in [6, 6.07) is 0. The Morgan fingerprint density at radius 2 is 1.25 bits per heavy atom. The minimum Gasteiger partial charge on any atom is -0.194 e. The van der Waals surface area contributed by atoms with Crippen LogP contribution in [0.25, 0.3) is 0 Å². The van der Waals surface area contributed by atoms with Crippen LogP contribution in [0.4, 0.5) is 11.4 Å². The van der Waals surface area contributed by atoms with E-state index >= 15 is 0 Å². The van der Waals surface area contributed by atoms with E-state index in [9.17, 15) is 0 Å². The monoisotopic (exact) mass is 380 g/mol. The predicted octanol–water partition coefficient (Wildman–Crippen LogP) is 5.16. The first-order valence-corrected chi connectivity index (χ1v) is 7.38. The molecule has 2 heterocycles. The molecule has 0 bridgehead atoms. The van der Waals surface area contributed by atoms with Gasteiger partial charge in [-0.15, -0.1) is 10.2 Å². The van der Waals surface area contributed by atoms with Gasteiger partial charge in [-0.2, -0.15) is 8.75 Å². The second-order valence-electron chi connectivity index (χ2n) is 2.98. The number of aromatic nitrogens is 2. The molecule has 0 aliphatic carbocycles. The van der Waals surface area contributed by atoms with Crippen LogP contribution < -0.4 is 0 Å². The quantitative estimate of drug-likeness (QED) is 0.674. The number of rotatable bonds is 2. The Bertz CT molecular complexity index is 459. The Hall–Kier alpha value is -0.180. The number of halogens is 2. The predicted molar refractivity (Wildman–Crippen MR) is 73.3 cm³/mol. The minimum absolute atomic E-state index is 0.780. The van der Waals surface area contributed by atoms with Gasteiger partial charge in [-0.05, 0) is 68.8 Å². The molecule has 2 aromatic heterocycles. The first-order valence-electron chi connectivity index (χ1n) is 4.25. The summed E-state index contributed by atoms with van der Waals surface area (Å²) in [6.45, 7) is 3.81. The number of nitrogens with zero attached hydrogens (tertiary/aromatic N) is 4. The Balaban J connectivity index is 2.35. The largest absolute Gasteiger partial charge is 0.194 e. The van der Waals surface area contributed by atoms with Crippen LogP contribution in [0.3, 0.4) is 0 Å². The van der Waals surface area contributed by atoms with E-state index < -0.39 is 0 Å². The number of hydrogen-bond donors (Lipinski definition) is 0. The molecule has 8 heteroatoms. The summed E-state index contributed by atoms with van der Waals surface area (Å²) in [5.41, 5.74) is 3.31. The summed E-state index contributed by atoms with van der Waals surface area (Å²) >= 11 is 9.52. The molecule has 0 radical (unpaired) electrons. The molecule has 4 nitrogen and oxygen atoms in total. The summed E-state index contributed by atoms with van der Waals surface area (Å²) in [5.74, 6) is 0. The van der Waals surface area contributed by atoms with Crippen LogP contribution >= 0.6 is 54.9 Å². The van der Waals surface area contributed by atoms with E-state index in [0.29, 0.717) is 0 Å². The summed E-state index contributed by atoms with van der Waals surface area (Å²) in [5, 5.41) is 8.38. The Labute approximate surface area is 117 Å². The van der Waals surface area contributed by atoms with Gasteiger partial charge >= 0.3 is 0 Å². The molecule has 0 fully saturated rings. The zero-order valence-electron chi connectivity index (χ0n) is 8.36. The highest BCUT2D eigenvalue weighted by Crippen LogP contribution is 2.37. The van der Waals surface area contributed by atoms with Crippen LogP contribution in [0.1, 0.15) is 11.4 Å². The van der Waals surface area contributed by atoms with E-state index in [4.69, 9.17) is 0 Å². The normalized spacial score (nSPS) is 11.5. The molecular weight excluding hydrogens is 376 g/mol. The highest BCUT2D eigenvalue weighted by atomic mass is 79.9. The van der Waals surface area contributed by atoms with Crippen LogP contribution in [0.5, 0.6) is 0 Å². The van der Waals surface area contributed by atoms with Crippen LogP contribution in [-0.4, -0.2) is 8.75 Å². The second kappa shape index (κ2) is 4.99. The third kappa shape index (κ3) is 2.39. The smallest absolute Gasteiger partial charge is 0.134 e. The van der Waals surface area contributed by atoms with Crippen molar-refractivity contribution in [2.45, 2.75) is 13.8 Å². The van der Waals surface area contributed by atoms with Gasteiger partial charge in [-0.1, -0.05) is 0 Å². The van der Waals surface area contributed by atoms with E-state index in [2.05, 4.69) is 50.8 Å². The molecule has 2 aromatic rings. The Morgan fingerprint density at radius 1 is 0.875 bits per heavy atom. The van der Waals surface area contributed by atoms with E-state index in [1.807, 2.05) is 13.8 Å². The third-order valence-corrected chi connectivity index (χ3v) is 4.89. The van der Waals surface area contributed by atoms with E-state index in [0.717, 1.165) is 30.3 Å². The maximum absolute atomic E-state index is 4.19. The summed E-state index contributed by atoms with van der Waals surface area (Å²) in [4.78, 5) is 0. The lowest BCUT2D eigenvalue weighted by atomic mass is 10.4. The fourth-order valence-corrected chi connectivity index (χ4v) is 3.32. The lowest BCUT2D eigenvalue weighted by Gasteiger charge is -1.91. The summed E-state index contributed by atoms with van der Waals surface area (Å²) in [7, 11) is 0. The molecule has 0 aliphatic heterocycles. The van der Waals surface area contributed by atoms with E-state index in [-0.39, 0.29) is 0 Å². The van der Waals surface area contributed by atoms with Crippen molar-refractivity contribution in [2.24, 2.45) is 10.2 Å². The SMILES string of the molecule is Cc1nsc(Br)c1N=Nc1c(C)nsc1Br. The average Bonchev–Trinajstić information content (AvgIpc) is 2.72. The second-order valence-corrected chi connectivity index (χ2v) is 7.16. The molecule has 0 saturated heterocycles. The van der Waals surface area contributed by atoms with Gasteiger partial charge in [0, 0.05) is 0 Å². The van der Waals surface area contributed by atoms with Gasteiger partial charge in [0.15, 0.2) is 0 Å². The fourth-order valence-electron chi connectivity index (χ4n) is 0.998. The zero-order chi connectivity index (χ0) is 11.7. The summed E-state index contributed by atoms with van der Waals surface area (Å²) < 4.78 is 10.1. The molecular formula is C8H6Br2N4S2. The Morgan fingerprint density at radius 3 is 1.50 bits per heavy atom. The number of azo groups is 1. The van der Waals surface area contributed by atoms with Crippen molar-refractivity contribution in [1.82, 2.24) is 8.75 Å². The standard InChI is InChI=1S/C8H6Br2N4S2/c1-3-5(7(9)15-13-3)11-12-6-4(2)14-16-8(6)10/h1-2H3. The minimum atomic E-state index is 0.780. The Kier molecular flexibility index (Phi) is 3.83. The first-order chi connectivity index (χ1) is 7.59. The van der Waals surface area contributed by atoms with Crippen LogP contribution in [0, 0.1) is 13.8 Å². The van der Waals surface area contributed by atoms with Gasteiger partial charge in [0.1, 0.15) is 18.9 Å². The number of hydrogen-bond acceptors (Lipinski definition) is 6.